The molecule has 3 aliphatic rings. The summed E-state index contributed by atoms with van der Waals surface area (Å²) in [4.78, 5) is 14.1. The number of rotatable bonds is 4. The zero-order valence-electron chi connectivity index (χ0n) is 13.0. The van der Waals surface area contributed by atoms with E-state index in [1.165, 1.54) is 64.2 Å². The summed E-state index contributed by atoms with van der Waals surface area (Å²) in [7, 11) is 0. The van der Waals surface area contributed by atoms with Gasteiger partial charge >= 0.3 is 0 Å². The van der Waals surface area contributed by atoms with E-state index in [1.807, 2.05) is 12.4 Å². The molecule has 3 rings (SSSR count). The Morgan fingerprint density at radius 3 is 2.00 bits per heavy atom. The van der Waals surface area contributed by atoms with Crippen LogP contribution in [0.2, 0.25) is 0 Å². The average molecular weight is 285 g/mol. The molecule has 0 amide bonds. The first-order valence-electron chi connectivity index (χ1n) is 8.74. The van der Waals surface area contributed by atoms with E-state index in [-0.39, 0.29) is 0 Å². The van der Waals surface area contributed by atoms with Crippen LogP contribution < -0.4 is 0 Å². The van der Waals surface area contributed by atoms with Crippen molar-refractivity contribution in [1.82, 2.24) is 0 Å². The molecule has 3 nitrogen and oxygen atoms in total. The Balaban J connectivity index is 1.48. The van der Waals surface area contributed by atoms with Crippen LogP contribution in [0, 0.1) is 0 Å². The normalized spacial score (nSPS) is 25.7. The molecule has 2 saturated carbocycles. The minimum atomic E-state index is 0.537. The molecule has 0 spiro atoms. The lowest BCUT2D eigenvalue weighted by Gasteiger charge is -2.17. The third kappa shape index (κ3) is 4.62. The maximum Gasteiger partial charge on any atom is 0.0776 e. The van der Waals surface area contributed by atoms with Gasteiger partial charge in [0.2, 0.25) is 0 Å². The summed E-state index contributed by atoms with van der Waals surface area (Å²) in [5.74, 6) is 0. The summed E-state index contributed by atoms with van der Waals surface area (Å²) in [6.07, 6.45) is 20.2. The van der Waals surface area contributed by atoms with Crippen LogP contribution in [0.15, 0.2) is 26.8 Å². The van der Waals surface area contributed by atoms with Crippen molar-refractivity contribution in [2.24, 2.45) is 15.0 Å². The maximum absolute atomic E-state index is 4.72. The SMILES string of the molecule is C(=NC1CCCCC1)C1=CCC(C=NC2CCCCC2)=N1. The largest absolute Gasteiger partial charge is 0.288 e. The summed E-state index contributed by atoms with van der Waals surface area (Å²) in [6, 6.07) is 1.08. The number of hydrogen-bond donors (Lipinski definition) is 0. The third-order valence-electron chi connectivity index (χ3n) is 4.79. The van der Waals surface area contributed by atoms with Gasteiger partial charge < -0.3 is 0 Å². The summed E-state index contributed by atoms with van der Waals surface area (Å²) < 4.78 is 0. The number of aliphatic imine (C=N–C) groups is 3. The highest BCUT2D eigenvalue weighted by Gasteiger charge is 2.13. The molecule has 0 aromatic carbocycles. The van der Waals surface area contributed by atoms with Gasteiger partial charge in [0, 0.05) is 24.9 Å². The summed E-state index contributed by atoms with van der Waals surface area (Å²) >= 11 is 0. The van der Waals surface area contributed by atoms with Crippen molar-refractivity contribution in [3.8, 4) is 0 Å². The fourth-order valence-electron chi connectivity index (χ4n) is 3.46. The highest BCUT2D eigenvalue weighted by molar-refractivity contribution is 6.32. The van der Waals surface area contributed by atoms with E-state index < -0.39 is 0 Å². The van der Waals surface area contributed by atoms with E-state index in [0.717, 1.165) is 17.8 Å². The molecule has 0 bridgehead atoms. The third-order valence-corrected chi connectivity index (χ3v) is 4.79. The minimum Gasteiger partial charge on any atom is -0.288 e. The first-order chi connectivity index (χ1) is 10.4. The van der Waals surface area contributed by atoms with Gasteiger partial charge in [-0.2, -0.15) is 0 Å². The van der Waals surface area contributed by atoms with E-state index in [0.29, 0.717) is 12.1 Å². The predicted molar refractivity (Wildman–Crippen MR) is 90.9 cm³/mol. The van der Waals surface area contributed by atoms with Gasteiger partial charge in [0.25, 0.3) is 0 Å². The van der Waals surface area contributed by atoms with Crippen molar-refractivity contribution in [1.29, 1.82) is 0 Å². The maximum atomic E-state index is 4.72. The van der Waals surface area contributed by atoms with E-state index in [9.17, 15) is 0 Å². The lowest BCUT2D eigenvalue weighted by molar-refractivity contribution is 0.444. The van der Waals surface area contributed by atoms with Gasteiger partial charge in [-0.15, -0.1) is 0 Å². The molecule has 0 aromatic rings. The number of allylic oxidation sites excluding steroid dienone is 2. The lowest BCUT2D eigenvalue weighted by atomic mass is 9.96. The fourth-order valence-corrected chi connectivity index (χ4v) is 3.46. The van der Waals surface area contributed by atoms with Crippen LogP contribution in [-0.2, 0) is 0 Å². The molecule has 2 fully saturated rings. The molecule has 3 heteroatoms. The lowest BCUT2D eigenvalue weighted by Crippen LogP contribution is -2.11. The van der Waals surface area contributed by atoms with Gasteiger partial charge in [0.15, 0.2) is 0 Å². The second-order valence-corrected chi connectivity index (χ2v) is 6.58. The Morgan fingerprint density at radius 1 is 0.810 bits per heavy atom. The van der Waals surface area contributed by atoms with Crippen molar-refractivity contribution in [2.75, 3.05) is 0 Å². The second kappa shape index (κ2) is 7.67. The molecule has 0 radical (unpaired) electrons. The molecule has 1 heterocycles. The Labute approximate surface area is 128 Å². The summed E-state index contributed by atoms with van der Waals surface area (Å²) in [5, 5.41) is 0. The summed E-state index contributed by atoms with van der Waals surface area (Å²) in [5.41, 5.74) is 2.14. The molecule has 0 aromatic heterocycles. The van der Waals surface area contributed by atoms with Crippen LogP contribution in [0.4, 0.5) is 0 Å². The Hall–Kier alpha value is -1.25. The highest BCUT2D eigenvalue weighted by atomic mass is 14.9. The Kier molecular flexibility index (Phi) is 5.36. The van der Waals surface area contributed by atoms with Crippen molar-refractivity contribution >= 4 is 18.1 Å². The standard InChI is InChI=1S/C18H27N3/c1-3-7-15(8-4-1)19-13-17-11-12-18(21-17)14-20-16-9-5-2-6-10-16/h11,13-16H,1-10,12H2. The van der Waals surface area contributed by atoms with Crippen LogP contribution >= 0.6 is 0 Å². The van der Waals surface area contributed by atoms with Crippen molar-refractivity contribution in [3.05, 3.63) is 11.8 Å². The monoisotopic (exact) mass is 285 g/mol. The topological polar surface area (TPSA) is 37.1 Å². The van der Waals surface area contributed by atoms with Crippen LogP contribution in [0.5, 0.6) is 0 Å². The molecule has 0 atom stereocenters. The van der Waals surface area contributed by atoms with Gasteiger partial charge in [-0.1, -0.05) is 44.6 Å². The smallest absolute Gasteiger partial charge is 0.0776 e. The molecular formula is C18H27N3. The Morgan fingerprint density at radius 2 is 1.38 bits per heavy atom. The molecular weight excluding hydrogens is 258 g/mol. The zero-order chi connectivity index (χ0) is 14.3. The van der Waals surface area contributed by atoms with Gasteiger partial charge in [-0.05, 0) is 25.7 Å². The van der Waals surface area contributed by atoms with E-state index >= 15 is 0 Å². The first-order valence-corrected chi connectivity index (χ1v) is 8.74. The van der Waals surface area contributed by atoms with Crippen molar-refractivity contribution in [2.45, 2.75) is 82.7 Å². The number of nitrogens with zero attached hydrogens (tertiary/aromatic N) is 3. The fraction of sp³-hybridized carbons (Fsp3) is 0.722. The van der Waals surface area contributed by atoms with Gasteiger partial charge in [0.05, 0.1) is 17.5 Å². The zero-order valence-corrected chi connectivity index (χ0v) is 13.0. The number of hydrogen-bond acceptors (Lipinski definition) is 3. The molecule has 21 heavy (non-hydrogen) atoms. The van der Waals surface area contributed by atoms with Crippen LogP contribution in [-0.4, -0.2) is 30.2 Å². The summed E-state index contributed by atoms with van der Waals surface area (Å²) in [6.45, 7) is 0. The molecule has 2 aliphatic carbocycles. The molecule has 0 unspecified atom stereocenters. The van der Waals surface area contributed by atoms with E-state index in [4.69, 9.17) is 9.98 Å². The van der Waals surface area contributed by atoms with Gasteiger partial charge in [-0.3, -0.25) is 15.0 Å². The minimum absolute atomic E-state index is 0.537. The molecule has 1 aliphatic heterocycles. The van der Waals surface area contributed by atoms with E-state index in [2.05, 4.69) is 11.1 Å². The first kappa shape index (κ1) is 14.7. The quantitative estimate of drug-likeness (QED) is 0.681. The molecule has 0 N–H and O–H groups in total. The van der Waals surface area contributed by atoms with Crippen LogP contribution in [0.3, 0.4) is 0 Å². The molecule has 0 saturated heterocycles. The average Bonchev–Trinajstić information content (AvgIpc) is 3.01. The second-order valence-electron chi connectivity index (χ2n) is 6.58. The van der Waals surface area contributed by atoms with Crippen molar-refractivity contribution < 1.29 is 0 Å². The Bertz CT molecular complexity index is 447. The predicted octanol–water partition coefficient (Wildman–Crippen LogP) is 4.52. The van der Waals surface area contributed by atoms with E-state index in [1.54, 1.807) is 0 Å². The van der Waals surface area contributed by atoms with Gasteiger partial charge in [0.1, 0.15) is 0 Å². The van der Waals surface area contributed by atoms with Gasteiger partial charge in [-0.25, -0.2) is 0 Å². The highest BCUT2D eigenvalue weighted by Crippen LogP contribution is 2.21. The van der Waals surface area contributed by atoms with Crippen LogP contribution in [0.25, 0.3) is 0 Å². The van der Waals surface area contributed by atoms with Crippen LogP contribution in [0.1, 0.15) is 70.6 Å². The van der Waals surface area contributed by atoms with Crippen molar-refractivity contribution in [3.63, 3.8) is 0 Å². The molecule has 114 valence electrons.